The minimum atomic E-state index is -1.21. The van der Waals surface area contributed by atoms with Gasteiger partial charge in [-0.15, -0.1) is 22.2 Å². The number of carbonyl (C=O) groups excluding carboxylic acids is 4. The second kappa shape index (κ2) is 16.2. The quantitative estimate of drug-likeness (QED) is 0.184. The lowest BCUT2D eigenvalue weighted by molar-refractivity contribution is -0.136. The van der Waals surface area contributed by atoms with Gasteiger partial charge in [-0.05, 0) is 103 Å². The molecule has 0 aromatic heterocycles. The first kappa shape index (κ1) is 36.9. The predicted molar refractivity (Wildman–Crippen MR) is 177 cm³/mol. The van der Waals surface area contributed by atoms with Crippen LogP contribution >= 0.6 is 22.2 Å². The molecule has 13 heteroatoms. The van der Waals surface area contributed by atoms with Crippen LogP contribution in [0.5, 0.6) is 0 Å². The molecule has 43 heavy (non-hydrogen) atoms. The fourth-order valence-electron chi connectivity index (χ4n) is 4.99. The minimum Gasteiger partial charge on any atom is -0.444 e. The smallest absolute Gasteiger partial charge is 0.414 e. The normalized spacial score (nSPS) is 21.3. The van der Waals surface area contributed by atoms with E-state index in [1.165, 1.54) is 23.6 Å². The van der Waals surface area contributed by atoms with Crippen LogP contribution < -0.4 is 16.0 Å². The Balaban J connectivity index is 2.84. The van der Waals surface area contributed by atoms with E-state index < -0.39 is 44.1 Å². The van der Waals surface area contributed by atoms with E-state index in [1.807, 2.05) is 13.8 Å². The Kier molecular flexibility index (Phi) is 13.9. The number of aliphatic imine (C=N–C) groups is 1. The van der Waals surface area contributed by atoms with E-state index in [1.54, 1.807) is 46.4 Å². The van der Waals surface area contributed by atoms with Gasteiger partial charge in [0, 0.05) is 20.0 Å². The van der Waals surface area contributed by atoms with Crippen LogP contribution in [0.3, 0.4) is 0 Å². The minimum absolute atomic E-state index is 0.185. The second-order valence-corrected chi connectivity index (χ2v) is 16.8. The maximum absolute atomic E-state index is 14.4. The third kappa shape index (κ3) is 11.6. The number of hydrogen-bond donors (Lipinski definition) is 3. The van der Waals surface area contributed by atoms with E-state index >= 15 is 0 Å². The zero-order valence-electron chi connectivity index (χ0n) is 27.5. The number of nitrogens with one attached hydrogen (secondary N) is 3. The molecule has 1 aliphatic heterocycles. The lowest BCUT2D eigenvalue weighted by Gasteiger charge is -2.44. The Hall–Kier alpha value is -2.28. The zero-order valence-corrected chi connectivity index (χ0v) is 29.1. The van der Waals surface area contributed by atoms with Gasteiger partial charge in [0.25, 0.3) is 0 Å². The molecule has 0 bridgehead atoms. The Labute approximate surface area is 264 Å². The predicted octanol–water partition coefficient (Wildman–Crippen LogP) is 5.35. The third-order valence-electron chi connectivity index (χ3n) is 6.43. The molecule has 2 aliphatic rings. The van der Waals surface area contributed by atoms with Gasteiger partial charge in [0.1, 0.15) is 11.2 Å². The monoisotopic (exact) mass is 643 g/mol. The topological polar surface area (TPSA) is 138 Å². The van der Waals surface area contributed by atoms with Crippen molar-refractivity contribution in [1.82, 2.24) is 20.9 Å². The van der Waals surface area contributed by atoms with Crippen molar-refractivity contribution in [1.29, 1.82) is 0 Å². The number of carbonyl (C=O) groups is 4. The summed E-state index contributed by atoms with van der Waals surface area (Å²) in [6, 6.07) is -1.03. The van der Waals surface area contributed by atoms with Gasteiger partial charge < -0.3 is 19.7 Å². The molecule has 0 aromatic carbocycles. The zero-order chi connectivity index (χ0) is 32.4. The number of amides is 4. The molecule has 0 radical (unpaired) electrons. The highest BCUT2D eigenvalue weighted by atomic mass is 32.2. The molecule has 0 spiro atoms. The number of hydrogen-bond acceptors (Lipinski definition) is 8. The molecule has 2 rings (SSSR count). The van der Waals surface area contributed by atoms with Crippen molar-refractivity contribution in [3.8, 4) is 0 Å². The molecule has 11 nitrogen and oxygen atoms in total. The number of guanidine groups is 1. The van der Waals surface area contributed by atoms with Gasteiger partial charge in [0.15, 0.2) is 10.2 Å². The summed E-state index contributed by atoms with van der Waals surface area (Å²) in [4.78, 5) is 61.4. The summed E-state index contributed by atoms with van der Waals surface area (Å²) in [5.74, 6) is 0.728. The molecule has 2 fully saturated rings. The summed E-state index contributed by atoms with van der Waals surface area (Å²) in [6.07, 6.45) is 4.77. The van der Waals surface area contributed by atoms with Crippen LogP contribution in [0.15, 0.2) is 4.99 Å². The van der Waals surface area contributed by atoms with Crippen molar-refractivity contribution in [3.63, 3.8) is 0 Å². The Morgan fingerprint density at radius 1 is 0.930 bits per heavy atom. The first-order valence-corrected chi connectivity index (χ1v) is 17.7. The van der Waals surface area contributed by atoms with Crippen molar-refractivity contribution in [3.05, 3.63) is 0 Å². The van der Waals surface area contributed by atoms with E-state index in [-0.39, 0.29) is 17.8 Å². The molecule has 1 aliphatic carbocycles. The highest BCUT2D eigenvalue weighted by molar-refractivity contribution is 8.28. The SMILES string of the molecule is CCCN(CCC)C(=O)C(NC(C)=O)C1(N=C(NC(=O)OC(C)(C)C)NC(=O)OC(C)(C)C)SCCCS1=C1CCCC1. The molecule has 1 heterocycles. The Bertz CT molecular complexity index is 1040. The van der Waals surface area contributed by atoms with E-state index in [9.17, 15) is 19.2 Å². The second-order valence-electron chi connectivity index (χ2n) is 12.8. The number of nitrogens with zero attached hydrogens (tertiary/aromatic N) is 2. The lowest BCUT2D eigenvalue weighted by atomic mass is 10.2. The summed E-state index contributed by atoms with van der Waals surface area (Å²) in [5.41, 5.74) is -1.62. The standard InChI is InChI=1S/C30H53N5O6S2/c1-10-17-35(18-11-2)24(37)23(31-21(3)36)30(42-19-14-20-43(30)22-15-12-13-16-22)34-25(32-26(38)40-28(4,5)6)33-27(39)41-29(7,8)9/h23H,10-20H2,1-9H3,(H,31,36)(H2,32,33,34,38,39). The fraction of sp³-hybridized carbons (Fsp3) is 0.800. The van der Waals surface area contributed by atoms with Crippen LogP contribution in [0, 0.1) is 0 Å². The first-order valence-electron chi connectivity index (χ1n) is 15.4. The fourth-order valence-corrected chi connectivity index (χ4v) is 10.5. The van der Waals surface area contributed by atoms with Crippen LogP contribution in [-0.4, -0.2) is 85.8 Å². The van der Waals surface area contributed by atoms with Gasteiger partial charge in [-0.2, -0.15) is 0 Å². The van der Waals surface area contributed by atoms with Gasteiger partial charge in [0.05, 0.1) is 0 Å². The van der Waals surface area contributed by atoms with Gasteiger partial charge in [-0.1, -0.05) is 13.8 Å². The van der Waals surface area contributed by atoms with Crippen LogP contribution in [0.4, 0.5) is 9.59 Å². The molecule has 3 atom stereocenters. The maximum Gasteiger partial charge on any atom is 0.414 e. The lowest BCUT2D eigenvalue weighted by Crippen LogP contribution is -2.60. The number of ether oxygens (including phenoxy) is 2. The largest absolute Gasteiger partial charge is 0.444 e. The van der Waals surface area contributed by atoms with E-state index in [2.05, 4.69) is 16.0 Å². The van der Waals surface area contributed by atoms with Crippen molar-refractivity contribution < 1.29 is 28.7 Å². The van der Waals surface area contributed by atoms with Gasteiger partial charge in [-0.3, -0.25) is 20.2 Å². The molecule has 1 saturated carbocycles. The first-order chi connectivity index (χ1) is 20.0. The van der Waals surface area contributed by atoms with E-state index in [0.717, 1.165) is 50.7 Å². The highest BCUT2D eigenvalue weighted by Gasteiger charge is 2.51. The average molecular weight is 644 g/mol. The van der Waals surface area contributed by atoms with Gasteiger partial charge in [-0.25, -0.2) is 14.6 Å². The molecule has 3 unspecified atom stereocenters. The number of alkyl carbamates (subject to hydrolysis) is 2. The number of thioether (sulfide) groups is 1. The molecule has 246 valence electrons. The highest BCUT2D eigenvalue weighted by Crippen LogP contribution is 2.53. The van der Waals surface area contributed by atoms with Crippen LogP contribution in [0.2, 0.25) is 0 Å². The summed E-state index contributed by atoms with van der Waals surface area (Å²) in [5, 5.41) is 8.22. The van der Waals surface area contributed by atoms with Crippen molar-refractivity contribution in [2.45, 2.75) is 129 Å². The van der Waals surface area contributed by atoms with E-state index in [0.29, 0.717) is 18.8 Å². The van der Waals surface area contributed by atoms with Crippen molar-refractivity contribution >= 4 is 57.1 Å². The molecule has 1 saturated heterocycles. The molecule has 3 N–H and O–H groups in total. The molecule has 0 aromatic rings. The van der Waals surface area contributed by atoms with Crippen molar-refractivity contribution in [2.75, 3.05) is 24.6 Å². The molecular formula is C30H53N5O6S2. The Morgan fingerprint density at radius 3 is 1.88 bits per heavy atom. The molecular weight excluding hydrogens is 590 g/mol. The van der Waals surface area contributed by atoms with E-state index in [4.69, 9.17) is 14.5 Å². The van der Waals surface area contributed by atoms with Gasteiger partial charge in [0.2, 0.25) is 17.8 Å². The van der Waals surface area contributed by atoms with Crippen LogP contribution in [-0.2, 0) is 19.1 Å². The maximum atomic E-state index is 14.4. The van der Waals surface area contributed by atoms with Gasteiger partial charge >= 0.3 is 12.2 Å². The summed E-state index contributed by atoms with van der Waals surface area (Å²) in [7, 11) is -0.551. The van der Waals surface area contributed by atoms with Crippen LogP contribution in [0.25, 0.3) is 0 Å². The average Bonchev–Trinajstić information content (AvgIpc) is 3.39. The number of rotatable bonds is 8. The molecule has 4 amide bonds. The van der Waals surface area contributed by atoms with Crippen molar-refractivity contribution in [2.24, 2.45) is 4.99 Å². The summed E-state index contributed by atoms with van der Waals surface area (Å²) in [6.45, 7) is 16.9. The third-order valence-corrected chi connectivity index (χ3v) is 11.5. The summed E-state index contributed by atoms with van der Waals surface area (Å²) < 4.78 is 9.78. The van der Waals surface area contributed by atoms with Crippen LogP contribution in [0.1, 0.15) is 107 Å². The Morgan fingerprint density at radius 2 is 1.44 bits per heavy atom. The summed E-state index contributed by atoms with van der Waals surface area (Å²) >= 11 is 1.50.